The topological polar surface area (TPSA) is 31.7 Å². The number of piperazine rings is 1. The lowest BCUT2D eigenvalue weighted by Crippen LogP contribution is -2.43. The van der Waals surface area contributed by atoms with Crippen molar-refractivity contribution in [3.8, 4) is 0 Å². The van der Waals surface area contributed by atoms with Crippen molar-refractivity contribution in [2.24, 2.45) is 5.10 Å². The van der Waals surface area contributed by atoms with Crippen LogP contribution in [-0.4, -0.2) is 47.3 Å². The molecule has 4 nitrogen and oxygen atoms in total. The molecule has 2 aromatic rings. The molecule has 0 bridgehead atoms. The fourth-order valence-corrected chi connectivity index (χ4v) is 2.45. The molecule has 0 N–H and O–H groups in total. The minimum absolute atomic E-state index is 0. The maximum Gasteiger partial charge on any atom is 0.0544 e. The average Bonchev–Trinajstić information content (AvgIpc) is 2.56. The van der Waals surface area contributed by atoms with Gasteiger partial charge in [-0.15, -0.1) is 12.4 Å². The molecule has 5 heteroatoms. The van der Waals surface area contributed by atoms with Crippen LogP contribution < -0.4 is 0 Å². The third-order valence-corrected chi connectivity index (χ3v) is 3.67. The zero-order valence-electron chi connectivity index (χ0n) is 12.5. The van der Waals surface area contributed by atoms with Crippen LogP contribution in [-0.2, 0) is 6.54 Å². The smallest absolute Gasteiger partial charge is 0.0544 e. The van der Waals surface area contributed by atoms with E-state index in [1.165, 1.54) is 5.56 Å². The van der Waals surface area contributed by atoms with Gasteiger partial charge >= 0.3 is 0 Å². The Hall–Kier alpha value is -1.91. The summed E-state index contributed by atoms with van der Waals surface area (Å²) < 4.78 is 0. The van der Waals surface area contributed by atoms with Crippen molar-refractivity contribution in [2.75, 3.05) is 26.2 Å². The van der Waals surface area contributed by atoms with Crippen molar-refractivity contribution in [1.29, 1.82) is 0 Å². The van der Waals surface area contributed by atoms with Gasteiger partial charge < -0.3 is 0 Å². The number of hydrogen-bond acceptors (Lipinski definition) is 4. The lowest BCUT2D eigenvalue weighted by Gasteiger charge is -2.33. The van der Waals surface area contributed by atoms with E-state index in [0.29, 0.717) is 0 Å². The van der Waals surface area contributed by atoms with Gasteiger partial charge in [-0.25, -0.2) is 0 Å². The molecule has 0 saturated carbocycles. The van der Waals surface area contributed by atoms with E-state index in [-0.39, 0.29) is 12.4 Å². The van der Waals surface area contributed by atoms with E-state index in [2.05, 4.69) is 50.3 Å². The van der Waals surface area contributed by atoms with Gasteiger partial charge in [0.2, 0.25) is 0 Å². The van der Waals surface area contributed by atoms with Gasteiger partial charge in [-0.1, -0.05) is 30.3 Å². The van der Waals surface area contributed by atoms with Crippen molar-refractivity contribution in [2.45, 2.75) is 6.54 Å². The summed E-state index contributed by atoms with van der Waals surface area (Å²) >= 11 is 0. The quantitative estimate of drug-likeness (QED) is 0.813. The van der Waals surface area contributed by atoms with E-state index < -0.39 is 0 Å². The molecular weight excluding hydrogens is 296 g/mol. The van der Waals surface area contributed by atoms with E-state index in [4.69, 9.17) is 0 Å². The number of rotatable bonds is 4. The van der Waals surface area contributed by atoms with E-state index in [9.17, 15) is 0 Å². The van der Waals surface area contributed by atoms with Crippen molar-refractivity contribution in [1.82, 2.24) is 14.9 Å². The van der Waals surface area contributed by atoms with E-state index in [1.807, 2.05) is 18.3 Å². The SMILES string of the molecule is C(=N\N1CCN(Cc2ccccc2)CC1)/c1ccncc1.Cl. The van der Waals surface area contributed by atoms with Crippen LogP contribution in [0.1, 0.15) is 11.1 Å². The molecule has 1 aliphatic rings. The first-order valence-corrected chi connectivity index (χ1v) is 7.35. The van der Waals surface area contributed by atoms with Gasteiger partial charge in [-0.3, -0.25) is 14.9 Å². The van der Waals surface area contributed by atoms with Crippen LogP contribution in [0.25, 0.3) is 0 Å². The molecular formula is C17H21ClN4. The summed E-state index contributed by atoms with van der Waals surface area (Å²) in [6.07, 6.45) is 5.49. The number of hydrogen-bond donors (Lipinski definition) is 0. The molecule has 22 heavy (non-hydrogen) atoms. The van der Waals surface area contributed by atoms with Gasteiger partial charge in [0, 0.05) is 45.1 Å². The first-order valence-electron chi connectivity index (χ1n) is 7.35. The van der Waals surface area contributed by atoms with E-state index in [0.717, 1.165) is 38.3 Å². The minimum atomic E-state index is 0. The van der Waals surface area contributed by atoms with Crippen molar-refractivity contribution >= 4 is 18.6 Å². The van der Waals surface area contributed by atoms with Gasteiger partial charge in [-0.2, -0.15) is 5.10 Å². The van der Waals surface area contributed by atoms with Gasteiger partial charge in [-0.05, 0) is 23.3 Å². The number of halogens is 1. The molecule has 116 valence electrons. The molecule has 2 heterocycles. The van der Waals surface area contributed by atoms with Crippen molar-refractivity contribution < 1.29 is 0 Å². The van der Waals surface area contributed by atoms with Crippen LogP contribution in [0.2, 0.25) is 0 Å². The highest BCUT2D eigenvalue weighted by Crippen LogP contribution is 2.08. The highest BCUT2D eigenvalue weighted by Gasteiger charge is 2.15. The number of aromatic nitrogens is 1. The minimum Gasteiger partial charge on any atom is -0.295 e. The second-order valence-electron chi connectivity index (χ2n) is 5.24. The number of pyridine rings is 1. The molecule has 1 fully saturated rings. The summed E-state index contributed by atoms with van der Waals surface area (Å²) in [7, 11) is 0. The van der Waals surface area contributed by atoms with Crippen LogP contribution in [0.15, 0.2) is 60.0 Å². The van der Waals surface area contributed by atoms with Gasteiger partial charge in [0.25, 0.3) is 0 Å². The summed E-state index contributed by atoms with van der Waals surface area (Å²) in [6.45, 7) is 5.11. The van der Waals surface area contributed by atoms with E-state index >= 15 is 0 Å². The Labute approximate surface area is 137 Å². The van der Waals surface area contributed by atoms with Crippen LogP contribution in [0.5, 0.6) is 0 Å². The van der Waals surface area contributed by atoms with Crippen molar-refractivity contribution in [3.05, 3.63) is 66.0 Å². The van der Waals surface area contributed by atoms with Crippen LogP contribution in [0, 0.1) is 0 Å². The predicted molar refractivity (Wildman–Crippen MR) is 92.4 cm³/mol. The normalized spacial score (nSPS) is 15.7. The average molecular weight is 317 g/mol. The predicted octanol–water partition coefficient (Wildman–Crippen LogP) is 2.66. The lowest BCUT2D eigenvalue weighted by molar-refractivity contribution is 0.131. The Kier molecular flexibility index (Phi) is 6.37. The van der Waals surface area contributed by atoms with E-state index in [1.54, 1.807) is 12.4 Å². The van der Waals surface area contributed by atoms with Gasteiger partial charge in [0.05, 0.1) is 6.21 Å². The van der Waals surface area contributed by atoms with Gasteiger partial charge in [0.15, 0.2) is 0 Å². The first-order chi connectivity index (χ1) is 10.4. The Balaban J connectivity index is 0.00000176. The largest absolute Gasteiger partial charge is 0.295 e. The summed E-state index contributed by atoms with van der Waals surface area (Å²) in [5, 5.41) is 6.69. The summed E-state index contributed by atoms with van der Waals surface area (Å²) in [6, 6.07) is 14.6. The summed E-state index contributed by atoms with van der Waals surface area (Å²) in [5.41, 5.74) is 2.47. The number of hydrazone groups is 1. The highest BCUT2D eigenvalue weighted by molar-refractivity contribution is 5.85. The molecule has 0 atom stereocenters. The fraction of sp³-hybridized carbons (Fsp3) is 0.294. The monoisotopic (exact) mass is 316 g/mol. The number of benzene rings is 1. The van der Waals surface area contributed by atoms with Crippen molar-refractivity contribution in [3.63, 3.8) is 0 Å². The second kappa shape index (κ2) is 8.51. The maximum absolute atomic E-state index is 4.55. The second-order valence-corrected chi connectivity index (χ2v) is 5.24. The summed E-state index contributed by atoms with van der Waals surface area (Å²) in [4.78, 5) is 6.49. The molecule has 1 aromatic heterocycles. The lowest BCUT2D eigenvalue weighted by atomic mass is 10.2. The molecule has 1 aromatic carbocycles. The Bertz CT molecular complexity index is 566. The molecule has 0 radical (unpaired) electrons. The zero-order chi connectivity index (χ0) is 14.3. The summed E-state index contributed by atoms with van der Waals surface area (Å²) in [5.74, 6) is 0. The molecule has 0 amide bonds. The van der Waals surface area contributed by atoms with Gasteiger partial charge in [0.1, 0.15) is 0 Å². The zero-order valence-corrected chi connectivity index (χ0v) is 13.3. The standard InChI is InChI=1S/C17H20N4.ClH/c1-2-4-17(5-3-1)15-20-10-12-21(13-11-20)19-14-16-6-8-18-9-7-16;/h1-9,14H,10-13,15H2;1H/b19-14+;. The Morgan fingerprint density at radius 3 is 2.32 bits per heavy atom. The van der Waals surface area contributed by atoms with Crippen LogP contribution in [0.4, 0.5) is 0 Å². The molecule has 1 aliphatic heterocycles. The first kappa shape index (κ1) is 16.5. The maximum atomic E-state index is 4.55. The molecule has 1 saturated heterocycles. The molecule has 0 aliphatic carbocycles. The Morgan fingerprint density at radius 1 is 0.955 bits per heavy atom. The number of nitrogens with zero attached hydrogens (tertiary/aromatic N) is 4. The molecule has 3 rings (SSSR count). The van der Waals surface area contributed by atoms with Crippen LogP contribution in [0.3, 0.4) is 0 Å². The molecule has 0 spiro atoms. The fourth-order valence-electron chi connectivity index (χ4n) is 2.45. The molecule has 0 unspecified atom stereocenters. The third-order valence-electron chi connectivity index (χ3n) is 3.67. The highest BCUT2D eigenvalue weighted by atomic mass is 35.5. The van der Waals surface area contributed by atoms with Crippen LogP contribution >= 0.6 is 12.4 Å². The third kappa shape index (κ3) is 4.83. The Morgan fingerprint density at radius 2 is 1.64 bits per heavy atom.